The highest BCUT2D eigenvalue weighted by Crippen LogP contribution is 2.81. The minimum absolute atomic E-state index is 0.158. The zero-order chi connectivity index (χ0) is 13.1. The molecular weight excluding hydrogens is 220 g/mol. The summed E-state index contributed by atoms with van der Waals surface area (Å²) in [5.74, 6) is -0.912. The largest absolute Gasteiger partial charge is 0.469 e. The Hall–Kier alpha value is -1.06. The van der Waals surface area contributed by atoms with E-state index >= 15 is 0 Å². The first kappa shape index (κ1) is 12.4. The monoisotopic (exact) mass is 240 g/mol. The molecular formula is C13H20O4. The van der Waals surface area contributed by atoms with Gasteiger partial charge in [0.15, 0.2) is 0 Å². The molecule has 0 N–H and O–H groups in total. The topological polar surface area (TPSA) is 52.6 Å². The van der Waals surface area contributed by atoms with Crippen molar-refractivity contribution in [1.82, 2.24) is 0 Å². The van der Waals surface area contributed by atoms with Crippen LogP contribution in [0.4, 0.5) is 0 Å². The van der Waals surface area contributed by atoms with Crippen molar-refractivity contribution in [3.8, 4) is 0 Å². The van der Waals surface area contributed by atoms with Crippen LogP contribution in [-0.4, -0.2) is 26.2 Å². The van der Waals surface area contributed by atoms with E-state index in [4.69, 9.17) is 9.47 Å². The Morgan fingerprint density at radius 3 is 2.06 bits per heavy atom. The van der Waals surface area contributed by atoms with E-state index < -0.39 is 5.41 Å². The SMILES string of the molecule is COC(=O)[C@@H]1[C@]2(C)CC[C@@]1(C(=O)OC)C2(C)C. The molecule has 0 aromatic rings. The Balaban J connectivity index is 2.49. The summed E-state index contributed by atoms with van der Waals surface area (Å²) in [5, 5.41) is 0. The van der Waals surface area contributed by atoms with Crippen LogP contribution in [0.5, 0.6) is 0 Å². The summed E-state index contributed by atoms with van der Waals surface area (Å²) in [6.45, 7) is 6.18. The highest BCUT2D eigenvalue weighted by atomic mass is 16.5. The molecule has 3 fully saturated rings. The summed E-state index contributed by atoms with van der Waals surface area (Å²) < 4.78 is 9.80. The van der Waals surface area contributed by atoms with Crippen LogP contribution in [0, 0.1) is 22.2 Å². The number of hydrogen-bond donors (Lipinski definition) is 0. The molecule has 2 bridgehead atoms. The molecule has 3 aliphatic rings. The van der Waals surface area contributed by atoms with Crippen molar-refractivity contribution in [2.24, 2.45) is 22.2 Å². The van der Waals surface area contributed by atoms with Crippen LogP contribution in [0.2, 0.25) is 0 Å². The molecule has 0 heterocycles. The minimum atomic E-state index is -0.691. The van der Waals surface area contributed by atoms with Gasteiger partial charge >= 0.3 is 11.9 Å². The van der Waals surface area contributed by atoms with E-state index in [-0.39, 0.29) is 28.7 Å². The van der Waals surface area contributed by atoms with Crippen molar-refractivity contribution in [1.29, 1.82) is 0 Å². The van der Waals surface area contributed by atoms with Gasteiger partial charge in [-0.05, 0) is 23.7 Å². The van der Waals surface area contributed by atoms with Gasteiger partial charge in [0, 0.05) is 0 Å². The lowest BCUT2D eigenvalue weighted by Gasteiger charge is -2.63. The standard InChI is InChI=1S/C13H20O4/c1-11(2)12(3)6-7-13(11,10(15)17-5)8(12)9(14)16-4/h8H,6-7H2,1-5H3/t8-,12+,13-/m1/s1. The maximum Gasteiger partial charge on any atom is 0.313 e. The van der Waals surface area contributed by atoms with Crippen LogP contribution in [0.3, 0.4) is 0 Å². The molecule has 0 aromatic carbocycles. The molecule has 3 rings (SSSR count). The third kappa shape index (κ3) is 1.00. The second-order valence-electron chi connectivity index (χ2n) is 5.96. The third-order valence-corrected chi connectivity index (χ3v) is 5.70. The van der Waals surface area contributed by atoms with Gasteiger partial charge in [-0.15, -0.1) is 0 Å². The molecule has 0 aromatic heterocycles. The van der Waals surface area contributed by atoms with Gasteiger partial charge in [0.05, 0.1) is 25.6 Å². The first-order valence-corrected chi connectivity index (χ1v) is 5.96. The molecule has 4 heteroatoms. The second kappa shape index (κ2) is 3.24. The molecule has 0 spiro atoms. The summed E-state index contributed by atoms with van der Waals surface area (Å²) in [5.41, 5.74) is -1.07. The number of ether oxygens (including phenoxy) is 2. The number of esters is 2. The predicted molar refractivity (Wildman–Crippen MR) is 61.1 cm³/mol. The van der Waals surface area contributed by atoms with Crippen molar-refractivity contribution >= 4 is 11.9 Å². The van der Waals surface area contributed by atoms with Crippen LogP contribution < -0.4 is 0 Å². The van der Waals surface area contributed by atoms with Gasteiger partial charge in [0.25, 0.3) is 0 Å². The lowest BCUT2D eigenvalue weighted by molar-refractivity contribution is -0.227. The fourth-order valence-corrected chi connectivity index (χ4v) is 4.30. The van der Waals surface area contributed by atoms with Crippen molar-refractivity contribution in [3.63, 3.8) is 0 Å². The van der Waals surface area contributed by atoms with E-state index in [9.17, 15) is 9.59 Å². The molecule has 96 valence electrons. The number of methoxy groups -OCH3 is 2. The molecule has 4 nitrogen and oxygen atoms in total. The second-order valence-corrected chi connectivity index (χ2v) is 5.96. The Morgan fingerprint density at radius 1 is 1.06 bits per heavy atom. The van der Waals surface area contributed by atoms with Crippen molar-refractivity contribution in [2.75, 3.05) is 14.2 Å². The molecule has 3 saturated carbocycles. The van der Waals surface area contributed by atoms with Crippen LogP contribution in [-0.2, 0) is 19.1 Å². The van der Waals surface area contributed by atoms with Crippen molar-refractivity contribution in [3.05, 3.63) is 0 Å². The number of rotatable bonds is 2. The first-order valence-electron chi connectivity index (χ1n) is 5.96. The summed E-state index contributed by atoms with van der Waals surface area (Å²) in [7, 11) is 2.76. The van der Waals surface area contributed by atoms with E-state index in [0.29, 0.717) is 6.42 Å². The number of carbonyl (C=O) groups excluding carboxylic acids is 2. The molecule has 3 atom stereocenters. The fourth-order valence-electron chi connectivity index (χ4n) is 4.30. The highest BCUT2D eigenvalue weighted by molar-refractivity contribution is 5.91. The Bertz CT molecular complexity index is 384. The van der Waals surface area contributed by atoms with Crippen LogP contribution in [0.25, 0.3) is 0 Å². The van der Waals surface area contributed by atoms with Gasteiger partial charge in [-0.2, -0.15) is 0 Å². The van der Waals surface area contributed by atoms with Gasteiger partial charge in [0.2, 0.25) is 0 Å². The molecule has 17 heavy (non-hydrogen) atoms. The maximum absolute atomic E-state index is 12.1. The summed E-state index contributed by atoms with van der Waals surface area (Å²) >= 11 is 0. The number of carbonyl (C=O) groups is 2. The van der Waals surface area contributed by atoms with Crippen LogP contribution >= 0.6 is 0 Å². The first-order chi connectivity index (χ1) is 7.79. The van der Waals surface area contributed by atoms with E-state index in [1.54, 1.807) is 0 Å². The zero-order valence-electron chi connectivity index (χ0n) is 11.1. The Morgan fingerprint density at radius 2 is 1.65 bits per heavy atom. The Labute approximate surface area is 102 Å². The number of fused-ring (bicyclic) bond motifs is 1. The molecule has 0 unspecified atom stereocenters. The molecule has 3 aliphatic carbocycles. The van der Waals surface area contributed by atoms with Gasteiger partial charge < -0.3 is 9.47 Å². The average Bonchev–Trinajstić information content (AvgIpc) is 2.74. The maximum atomic E-state index is 12.1. The summed E-state index contributed by atoms with van der Waals surface area (Å²) in [4.78, 5) is 24.1. The van der Waals surface area contributed by atoms with Crippen molar-refractivity contribution < 1.29 is 19.1 Å². The van der Waals surface area contributed by atoms with Gasteiger partial charge in [0.1, 0.15) is 0 Å². The van der Waals surface area contributed by atoms with Gasteiger partial charge in [-0.3, -0.25) is 9.59 Å². The normalized spacial score (nSPS) is 41.6. The van der Waals surface area contributed by atoms with E-state index in [2.05, 4.69) is 20.8 Å². The zero-order valence-corrected chi connectivity index (χ0v) is 11.1. The third-order valence-electron chi connectivity index (χ3n) is 5.70. The minimum Gasteiger partial charge on any atom is -0.469 e. The lowest BCUT2D eigenvalue weighted by atomic mass is 9.38. The summed E-state index contributed by atoms with van der Waals surface area (Å²) in [6, 6.07) is 0. The quantitative estimate of drug-likeness (QED) is 0.690. The Kier molecular flexibility index (Phi) is 2.36. The molecule has 0 radical (unpaired) electrons. The molecule has 0 amide bonds. The van der Waals surface area contributed by atoms with Crippen LogP contribution in [0.1, 0.15) is 33.6 Å². The van der Waals surface area contributed by atoms with E-state index in [1.807, 2.05) is 0 Å². The summed E-state index contributed by atoms with van der Waals surface area (Å²) in [6.07, 6.45) is 1.58. The highest BCUT2D eigenvalue weighted by Gasteiger charge is 2.83. The molecule has 0 saturated heterocycles. The van der Waals surface area contributed by atoms with E-state index in [1.165, 1.54) is 14.2 Å². The number of hydrogen-bond acceptors (Lipinski definition) is 4. The lowest BCUT2D eigenvalue weighted by Crippen LogP contribution is -2.68. The van der Waals surface area contributed by atoms with Gasteiger partial charge in [-0.1, -0.05) is 20.8 Å². The predicted octanol–water partition coefficient (Wildman–Crippen LogP) is 1.77. The van der Waals surface area contributed by atoms with Crippen molar-refractivity contribution in [2.45, 2.75) is 33.6 Å². The van der Waals surface area contributed by atoms with Crippen LogP contribution in [0.15, 0.2) is 0 Å². The average molecular weight is 240 g/mol. The molecule has 0 aliphatic heterocycles. The van der Waals surface area contributed by atoms with E-state index in [0.717, 1.165) is 6.42 Å². The fraction of sp³-hybridized carbons (Fsp3) is 0.846. The van der Waals surface area contributed by atoms with Gasteiger partial charge in [-0.25, -0.2) is 0 Å². The smallest absolute Gasteiger partial charge is 0.313 e.